The molecule has 1 rings (SSSR count). The standard InChI is InChI=1S/C11H11ClN2O4/c1-17-10(15)13-9(14-11(16)18-2)7-4-3-5-8(12)6-7/h3-6H,1-2H3,(H,13,14,15,16). The summed E-state index contributed by atoms with van der Waals surface area (Å²) < 4.78 is 8.83. The van der Waals surface area contributed by atoms with Gasteiger partial charge >= 0.3 is 12.2 Å². The maximum atomic E-state index is 11.2. The lowest BCUT2D eigenvalue weighted by atomic mass is 10.2. The smallest absolute Gasteiger partial charge is 0.435 e. The Hall–Kier alpha value is -2.08. The van der Waals surface area contributed by atoms with Crippen LogP contribution in [0.15, 0.2) is 29.3 Å². The maximum Gasteiger partial charge on any atom is 0.435 e. The molecule has 0 unspecified atom stereocenters. The zero-order valence-corrected chi connectivity index (χ0v) is 10.5. The van der Waals surface area contributed by atoms with Crippen molar-refractivity contribution >= 4 is 29.6 Å². The van der Waals surface area contributed by atoms with Crippen LogP contribution >= 0.6 is 11.6 Å². The predicted molar refractivity (Wildman–Crippen MR) is 65.9 cm³/mol. The zero-order chi connectivity index (χ0) is 13.5. The number of nitrogens with zero attached hydrogens (tertiary/aromatic N) is 1. The molecule has 0 bridgehead atoms. The highest BCUT2D eigenvalue weighted by Crippen LogP contribution is 2.11. The Labute approximate surface area is 109 Å². The van der Waals surface area contributed by atoms with E-state index in [1.54, 1.807) is 24.3 Å². The van der Waals surface area contributed by atoms with Gasteiger partial charge in [-0.3, -0.25) is 5.32 Å². The van der Waals surface area contributed by atoms with E-state index >= 15 is 0 Å². The van der Waals surface area contributed by atoms with Crippen molar-refractivity contribution in [2.75, 3.05) is 14.2 Å². The van der Waals surface area contributed by atoms with Gasteiger partial charge in [0, 0.05) is 10.6 Å². The molecule has 0 aliphatic heterocycles. The molecule has 1 aromatic rings. The van der Waals surface area contributed by atoms with Gasteiger partial charge in [0.1, 0.15) is 5.84 Å². The number of halogens is 1. The Morgan fingerprint density at radius 2 is 2.00 bits per heavy atom. The normalized spacial score (nSPS) is 10.7. The van der Waals surface area contributed by atoms with Gasteiger partial charge in [0.05, 0.1) is 14.2 Å². The summed E-state index contributed by atoms with van der Waals surface area (Å²) in [6.07, 6.45) is -1.60. The maximum absolute atomic E-state index is 11.2. The predicted octanol–water partition coefficient (Wildman–Crippen LogP) is 2.21. The minimum atomic E-state index is -0.846. The number of carbonyl (C=O) groups is 2. The molecule has 0 radical (unpaired) electrons. The van der Waals surface area contributed by atoms with Crippen molar-refractivity contribution in [3.05, 3.63) is 34.9 Å². The lowest BCUT2D eigenvalue weighted by molar-refractivity contribution is 0.176. The van der Waals surface area contributed by atoms with Gasteiger partial charge in [0.15, 0.2) is 0 Å². The van der Waals surface area contributed by atoms with Gasteiger partial charge in [-0.2, -0.15) is 4.99 Å². The molecule has 0 fully saturated rings. The first-order valence-corrected chi connectivity index (χ1v) is 5.22. The van der Waals surface area contributed by atoms with Crippen LogP contribution in [0.1, 0.15) is 5.56 Å². The van der Waals surface area contributed by atoms with Crippen LogP contribution in [0.25, 0.3) is 0 Å². The van der Waals surface area contributed by atoms with Crippen LogP contribution in [-0.2, 0) is 9.47 Å². The van der Waals surface area contributed by atoms with Gasteiger partial charge in [-0.05, 0) is 12.1 Å². The number of amides is 2. The summed E-state index contributed by atoms with van der Waals surface area (Å²) in [6, 6.07) is 6.48. The quantitative estimate of drug-likeness (QED) is 0.627. The Morgan fingerprint density at radius 1 is 1.28 bits per heavy atom. The number of carbonyl (C=O) groups excluding carboxylic acids is 2. The monoisotopic (exact) mass is 270 g/mol. The van der Waals surface area contributed by atoms with Crippen molar-refractivity contribution in [1.82, 2.24) is 5.32 Å². The third-order valence-corrected chi connectivity index (χ3v) is 2.12. The second kappa shape index (κ2) is 6.61. The molecular formula is C11H11ClN2O4. The topological polar surface area (TPSA) is 77.0 Å². The number of nitrogens with one attached hydrogen (secondary N) is 1. The van der Waals surface area contributed by atoms with E-state index in [1.807, 2.05) is 0 Å². The number of benzene rings is 1. The molecule has 96 valence electrons. The lowest BCUT2D eigenvalue weighted by Gasteiger charge is -2.07. The van der Waals surface area contributed by atoms with Crippen LogP contribution in [0.2, 0.25) is 5.02 Å². The van der Waals surface area contributed by atoms with Crippen molar-refractivity contribution in [1.29, 1.82) is 0 Å². The minimum absolute atomic E-state index is 0.00352. The van der Waals surface area contributed by atoms with Crippen LogP contribution in [0.4, 0.5) is 9.59 Å². The van der Waals surface area contributed by atoms with E-state index in [1.165, 1.54) is 14.2 Å². The highest BCUT2D eigenvalue weighted by atomic mass is 35.5. The highest BCUT2D eigenvalue weighted by Gasteiger charge is 2.11. The molecular weight excluding hydrogens is 260 g/mol. The second-order valence-corrected chi connectivity index (χ2v) is 3.49. The van der Waals surface area contributed by atoms with Crippen LogP contribution in [0.3, 0.4) is 0 Å². The summed E-state index contributed by atoms with van der Waals surface area (Å²) in [5.41, 5.74) is 0.457. The number of methoxy groups -OCH3 is 2. The average molecular weight is 271 g/mol. The van der Waals surface area contributed by atoms with Gasteiger partial charge in [-0.15, -0.1) is 0 Å². The zero-order valence-electron chi connectivity index (χ0n) is 9.77. The number of rotatable bonds is 1. The first kappa shape index (κ1) is 14.0. The van der Waals surface area contributed by atoms with Crippen LogP contribution in [0.5, 0.6) is 0 Å². The van der Waals surface area contributed by atoms with Crippen molar-refractivity contribution in [2.45, 2.75) is 0 Å². The molecule has 1 aromatic carbocycles. The summed E-state index contributed by atoms with van der Waals surface area (Å²) in [4.78, 5) is 25.8. The molecule has 0 saturated heterocycles. The Balaban J connectivity index is 3.08. The first-order valence-electron chi connectivity index (χ1n) is 4.84. The molecule has 0 spiro atoms. The molecule has 0 heterocycles. The molecule has 0 atom stereocenters. The van der Waals surface area contributed by atoms with Crippen molar-refractivity contribution in [2.24, 2.45) is 4.99 Å². The molecule has 0 aliphatic rings. The lowest BCUT2D eigenvalue weighted by Crippen LogP contribution is -2.31. The summed E-state index contributed by atoms with van der Waals surface area (Å²) in [5, 5.41) is 2.75. The van der Waals surface area contributed by atoms with Gasteiger partial charge in [0.25, 0.3) is 0 Å². The van der Waals surface area contributed by atoms with E-state index in [4.69, 9.17) is 11.6 Å². The first-order chi connectivity index (χ1) is 8.56. The molecule has 2 amide bonds. The van der Waals surface area contributed by atoms with Crippen molar-refractivity contribution in [3.63, 3.8) is 0 Å². The third-order valence-electron chi connectivity index (χ3n) is 1.88. The summed E-state index contributed by atoms with van der Waals surface area (Å²) >= 11 is 5.81. The Morgan fingerprint density at radius 3 is 2.56 bits per heavy atom. The van der Waals surface area contributed by atoms with Crippen molar-refractivity contribution < 1.29 is 19.1 Å². The summed E-state index contributed by atoms with van der Waals surface area (Å²) in [6.45, 7) is 0. The van der Waals surface area contributed by atoms with Gasteiger partial charge in [-0.25, -0.2) is 9.59 Å². The fraction of sp³-hybridized carbons (Fsp3) is 0.182. The minimum Gasteiger partial charge on any atom is -0.453 e. The number of ether oxygens (including phenoxy) is 2. The number of hydrogen-bond acceptors (Lipinski definition) is 4. The van der Waals surface area contributed by atoms with E-state index in [0.29, 0.717) is 10.6 Å². The van der Waals surface area contributed by atoms with E-state index in [9.17, 15) is 9.59 Å². The Kier molecular flexibility index (Phi) is 5.13. The van der Waals surface area contributed by atoms with E-state index in [-0.39, 0.29) is 5.84 Å². The number of aliphatic imine (C=N–C) groups is 1. The summed E-state index contributed by atoms with van der Waals surface area (Å²) in [7, 11) is 2.38. The highest BCUT2D eigenvalue weighted by molar-refractivity contribution is 6.31. The van der Waals surface area contributed by atoms with Gasteiger partial charge < -0.3 is 9.47 Å². The largest absolute Gasteiger partial charge is 0.453 e. The molecule has 7 heteroatoms. The van der Waals surface area contributed by atoms with Crippen molar-refractivity contribution in [3.8, 4) is 0 Å². The van der Waals surface area contributed by atoms with E-state index < -0.39 is 12.2 Å². The van der Waals surface area contributed by atoms with Gasteiger partial charge in [0.2, 0.25) is 0 Å². The fourth-order valence-corrected chi connectivity index (χ4v) is 1.28. The number of hydrogen-bond donors (Lipinski definition) is 1. The molecule has 1 N–H and O–H groups in total. The molecule has 18 heavy (non-hydrogen) atoms. The molecule has 6 nitrogen and oxygen atoms in total. The average Bonchev–Trinajstić information content (AvgIpc) is 2.37. The SMILES string of the molecule is COC(=O)N=C(NC(=O)OC)c1cccc(Cl)c1. The van der Waals surface area contributed by atoms with Crippen LogP contribution in [0, 0.1) is 0 Å². The fourth-order valence-electron chi connectivity index (χ4n) is 1.09. The van der Waals surface area contributed by atoms with Gasteiger partial charge in [-0.1, -0.05) is 23.7 Å². The van der Waals surface area contributed by atoms with E-state index in [2.05, 4.69) is 19.8 Å². The Bertz CT molecular complexity index is 488. The third kappa shape index (κ3) is 4.06. The number of amidine groups is 1. The second-order valence-electron chi connectivity index (χ2n) is 3.06. The van der Waals surface area contributed by atoms with Crippen LogP contribution in [-0.4, -0.2) is 32.2 Å². The summed E-state index contributed by atoms with van der Waals surface area (Å²) in [5.74, 6) is -0.00352. The number of alkyl carbamates (subject to hydrolysis) is 1. The molecule has 0 saturated carbocycles. The van der Waals surface area contributed by atoms with Crippen LogP contribution < -0.4 is 5.32 Å². The molecule has 0 aromatic heterocycles. The molecule has 0 aliphatic carbocycles. The van der Waals surface area contributed by atoms with E-state index in [0.717, 1.165) is 0 Å².